The fraction of sp³-hybridized carbons (Fsp3) is 0.500. The number of nitrogens with zero attached hydrogens (tertiary/aromatic N) is 2. The van der Waals surface area contributed by atoms with Crippen molar-refractivity contribution in [2.45, 2.75) is 20.0 Å². The van der Waals surface area contributed by atoms with Crippen LogP contribution in [0.15, 0.2) is 30.3 Å². The normalized spacial score (nSPS) is 41.3. The van der Waals surface area contributed by atoms with Crippen LogP contribution in [-0.4, -0.2) is 46.7 Å². The minimum Gasteiger partial charge on any atom is -0.356 e. The third-order valence-corrected chi connectivity index (χ3v) is 5.83. The van der Waals surface area contributed by atoms with Crippen LogP contribution in [0.2, 0.25) is 0 Å². The Kier molecular flexibility index (Phi) is 3.13. The molecule has 5 heterocycles. The number of H-pyrrole nitrogens is 1. The van der Waals surface area contributed by atoms with E-state index in [9.17, 15) is 4.79 Å². The molecular formula is C18H22BrN3O. The van der Waals surface area contributed by atoms with E-state index in [1.54, 1.807) is 0 Å². The monoisotopic (exact) mass is 375 g/mol. The maximum atomic E-state index is 12.7. The number of ketones is 1. The van der Waals surface area contributed by atoms with Crippen LogP contribution in [0.3, 0.4) is 0 Å². The first-order valence-electron chi connectivity index (χ1n) is 8.09. The third kappa shape index (κ3) is 1.93. The molecule has 23 heavy (non-hydrogen) atoms. The van der Waals surface area contributed by atoms with Crippen molar-refractivity contribution in [3.05, 3.63) is 36.0 Å². The van der Waals surface area contributed by atoms with Crippen molar-refractivity contribution >= 4 is 33.7 Å². The third-order valence-electron chi connectivity index (χ3n) is 5.83. The van der Waals surface area contributed by atoms with Crippen LogP contribution in [0.5, 0.6) is 0 Å². The number of carbonyl (C=O) groups excluding carboxylic acids is 1. The van der Waals surface area contributed by atoms with Gasteiger partial charge in [-0.25, -0.2) is 0 Å². The van der Waals surface area contributed by atoms with Crippen LogP contribution in [0, 0.1) is 10.8 Å². The Hall–Kier alpha value is -1.17. The Morgan fingerprint density at radius 3 is 2.17 bits per heavy atom. The highest BCUT2D eigenvalue weighted by atomic mass is 79.9. The summed E-state index contributed by atoms with van der Waals surface area (Å²) in [6.45, 7) is 7.84. The molecule has 4 fully saturated rings. The van der Waals surface area contributed by atoms with Gasteiger partial charge >= 0.3 is 0 Å². The quantitative estimate of drug-likeness (QED) is 0.832. The van der Waals surface area contributed by atoms with Crippen LogP contribution < -0.4 is 0 Å². The number of hydrogen-bond donors (Lipinski definition) is 1. The topological polar surface area (TPSA) is 39.3 Å². The Bertz CT molecular complexity index is 725. The Morgan fingerprint density at radius 2 is 1.61 bits per heavy atom. The van der Waals surface area contributed by atoms with E-state index in [1.165, 1.54) is 16.6 Å². The molecule has 4 saturated heterocycles. The highest BCUT2D eigenvalue weighted by molar-refractivity contribution is 8.93. The number of piperidine rings is 2. The molecule has 6 rings (SSSR count). The summed E-state index contributed by atoms with van der Waals surface area (Å²) in [6, 6.07) is 10.7. The minimum absolute atomic E-state index is 0. The summed E-state index contributed by atoms with van der Waals surface area (Å²) in [4.78, 5) is 21.3. The summed E-state index contributed by atoms with van der Waals surface area (Å²) in [6.07, 6.45) is 0.293. The minimum atomic E-state index is -0.187. The molecule has 0 saturated carbocycles. The summed E-state index contributed by atoms with van der Waals surface area (Å²) in [5.74, 6) is 0.475. The van der Waals surface area contributed by atoms with Crippen molar-refractivity contribution in [1.29, 1.82) is 0 Å². The molecule has 4 nitrogen and oxygen atoms in total. The predicted octanol–water partition coefficient (Wildman–Crippen LogP) is 2.97. The Labute approximate surface area is 146 Å². The largest absolute Gasteiger partial charge is 0.356 e. The maximum absolute atomic E-state index is 12.7. The zero-order chi connectivity index (χ0) is 15.1. The molecule has 0 amide bonds. The number of para-hydroxylation sites is 1. The number of Topliss-reactive ketones (excluding diaryl/α,β-unsaturated/α-hetero) is 1. The van der Waals surface area contributed by atoms with Gasteiger partial charge in [-0.3, -0.25) is 14.6 Å². The van der Waals surface area contributed by atoms with E-state index in [2.05, 4.69) is 59.0 Å². The molecule has 0 radical (unpaired) electrons. The van der Waals surface area contributed by atoms with Crippen molar-refractivity contribution in [2.24, 2.45) is 10.8 Å². The molecule has 4 bridgehead atoms. The smallest absolute Gasteiger partial charge is 0.149 e. The number of hydrogen-bond acceptors (Lipinski definition) is 3. The lowest BCUT2D eigenvalue weighted by Crippen LogP contribution is -2.75. The van der Waals surface area contributed by atoms with E-state index in [4.69, 9.17) is 0 Å². The molecule has 0 atom stereocenters. The highest BCUT2D eigenvalue weighted by Crippen LogP contribution is 2.51. The fourth-order valence-corrected chi connectivity index (χ4v) is 5.23. The van der Waals surface area contributed by atoms with E-state index in [1.807, 2.05) is 0 Å². The summed E-state index contributed by atoms with van der Waals surface area (Å²) in [5.41, 5.74) is 2.09. The molecule has 1 N–H and O–H groups in total. The second kappa shape index (κ2) is 4.68. The molecule has 1 aromatic heterocycles. The van der Waals surface area contributed by atoms with Crippen molar-refractivity contribution < 1.29 is 4.79 Å². The van der Waals surface area contributed by atoms with Gasteiger partial charge in [0.05, 0.1) is 10.8 Å². The molecule has 5 heteroatoms. The van der Waals surface area contributed by atoms with Gasteiger partial charge in [0.1, 0.15) is 11.9 Å². The average molecular weight is 376 g/mol. The zero-order valence-corrected chi connectivity index (χ0v) is 15.2. The molecule has 0 aliphatic carbocycles. The first-order chi connectivity index (χ1) is 10.5. The van der Waals surface area contributed by atoms with Gasteiger partial charge in [-0.15, -0.1) is 17.0 Å². The van der Waals surface area contributed by atoms with Crippen LogP contribution in [0.25, 0.3) is 10.9 Å². The lowest BCUT2D eigenvalue weighted by Gasteiger charge is -2.64. The number of fused-ring (bicyclic) bond motifs is 1. The fourth-order valence-electron chi connectivity index (χ4n) is 5.23. The van der Waals surface area contributed by atoms with Crippen molar-refractivity contribution in [3.63, 3.8) is 0 Å². The van der Waals surface area contributed by atoms with Gasteiger partial charge in [-0.05, 0) is 17.5 Å². The summed E-state index contributed by atoms with van der Waals surface area (Å²) >= 11 is 0. The highest BCUT2D eigenvalue weighted by Gasteiger charge is 2.62. The summed E-state index contributed by atoms with van der Waals surface area (Å²) in [7, 11) is 0. The van der Waals surface area contributed by atoms with Crippen molar-refractivity contribution in [3.8, 4) is 0 Å². The second-order valence-electron chi connectivity index (χ2n) is 7.95. The first kappa shape index (κ1) is 15.4. The van der Waals surface area contributed by atoms with Gasteiger partial charge in [0.15, 0.2) is 0 Å². The molecule has 0 spiro atoms. The number of aromatic amines is 1. The van der Waals surface area contributed by atoms with Crippen LogP contribution in [0.4, 0.5) is 0 Å². The lowest BCUT2D eigenvalue weighted by molar-refractivity contribution is -0.197. The van der Waals surface area contributed by atoms with E-state index >= 15 is 0 Å². The number of carbonyl (C=O) groups is 1. The SMILES string of the molecule is Br.CC12CN3CC(C)(CN(C1)C3c1cc3ccccc3[nH]1)C2=O. The van der Waals surface area contributed by atoms with E-state index < -0.39 is 0 Å². The average Bonchev–Trinajstić information content (AvgIpc) is 2.86. The predicted molar refractivity (Wildman–Crippen MR) is 95.7 cm³/mol. The lowest BCUT2D eigenvalue weighted by atomic mass is 9.62. The van der Waals surface area contributed by atoms with Crippen molar-refractivity contribution in [2.75, 3.05) is 26.2 Å². The maximum Gasteiger partial charge on any atom is 0.149 e. The Balaban J connectivity index is 0.00000135. The molecule has 122 valence electrons. The van der Waals surface area contributed by atoms with E-state index in [0.29, 0.717) is 11.9 Å². The van der Waals surface area contributed by atoms with Gasteiger partial charge < -0.3 is 4.98 Å². The zero-order valence-electron chi connectivity index (χ0n) is 13.5. The Morgan fingerprint density at radius 1 is 1.04 bits per heavy atom. The van der Waals surface area contributed by atoms with Crippen LogP contribution >= 0.6 is 17.0 Å². The molecule has 4 aliphatic rings. The summed E-state index contributed by atoms with van der Waals surface area (Å²) in [5, 5.41) is 1.27. The van der Waals surface area contributed by atoms with E-state index in [-0.39, 0.29) is 27.8 Å². The van der Waals surface area contributed by atoms with Gasteiger partial charge in [-0.2, -0.15) is 0 Å². The molecule has 0 unspecified atom stereocenters. The van der Waals surface area contributed by atoms with Crippen molar-refractivity contribution in [1.82, 2.24) is 14.8 Å². The van der Waals surface area contributed by atoms with Gasteiger partial charge in [0, 0.05) is 37.4 Å². The molecule has 2 aromatic rings. The second-order valence-corrected chi connectivity index (χ2v) is 7.95. The van der Waals surface area contributed by atoms with Gasteiger partial charge in [0.2, 0.25) is 0 Å². The number of aromatic nitrogens is 1. The number of benzene rings is 1. The molecule has 1 aromatic carbocycles. The summed E-state index contributed by atoms with van der Waals surface area (Å²) < 4.78 is 0. The standard InChI is InChI=1S/C18H21N3O.BrH/c1-17-8-20-10-18(2,16(17)22)11-21(9-17)15(20)14-7-12-5-3-4-6-13(12)19-14;/h3-7,15,19H,8-11H2,1-2H3;1H. The number of rotatable bonds is 1. The van der Waals surface area contributed by atoms with Gasteiger partial charge in [0.25, 0.3) is 0 Å². The molecule has 4 aliphatic heterocycles. The molecular weight excluding hydrogens is 354 g/mol. The number of halogens is 1. The first-order valence-corrected chi connectivity index (χ1v) is 8.09. The van der Waals surface area contributed by atoms with Crippen LogP contribution in [0.1, 0.15) is 25.7 Å². The van der Waals surface area contributed by atoms with Gasteiger partial charge in [-0.1, -0.05) is 32.0 Å². The van der Waals surface area contributed by atoms with Crippen LogP contribution in [-0.2, 0) is 4.79 Å². The number of nitrogens with one attached hydrogen (secondary N) is 1. The van der Waals surface area contributed by atoms with E-state index in [0.717, 1.165) is 26.2 Å².